The van der Waals surface area contributed by atoms with Crippen LogP contribution in [0.15, 0.2) is 36.8 Å². The number of amides is 1. The van der Waals surface area contributed by atoms with Crippen LogP contribution in [-0.2, 0) is 4.74 Å². The molecule has 2 aromatic heterocycles. The molecule has 1 N–H and O–H groups in total. The Hall–Kier alpha value is -2.08. The van der Waals surface area contributed by atoms with Crippen molar-refractivity contribution in [2.24, 2.45) is 0 Å². The molecule has 0 saturated carbocycles. The van der Waals surface area contributed by atoms with Gasteiger partial charge in [0.2, 0.25) is 0 Å². The number of carbonyl (C=O) groups excluding carboxylic acids is 1. The van der Waals surface area contributed by atoms with Crippen LogP contribution in [0.1, 0.15) is 28.4 Å². The quantitative estimate of drug-likeness (QED) is 0.695. The van der Waals surface area contributed by atoms with Crippen LogP contribution in [0.2, 0.25) is 10.0 Å². The van der Waals surface area contributed by atoms with Crippen molar-refractivity contribution < 1.29 is 9.53 Å². The van der Waals surface area contributed by atoms with Crippen molar-refractivity contribution >= 4 is 45.7 Å². The van der Waals surface area contributed by atoms with E-state index in [1.54, 1.807) is 0 Å². The first-order valence-corrected chi connectivity index (χ1v) is 9.09. The summed E-state index contributed by atoms with van der Waals surface area (Å²) in [6, 6.07) is 5.98. The topological polar surface area (TPSA) is 56.1 Å². The normalized spacial score (nSPS) is 17.0. The van der Waals surface area contributed by atoms with Crippen LogP contribution in [-0.4, -0.2) is 28.7 Å². The van der Waals surface area contributed by atoms with Crippen molar-refractivity contribution in [2.75, 3.05) is 18.5 Å². The number of pyridine rings is 1. The van der Waals surface area contributed by atoms with Crippen LogP contribution in [0, 0.1) is 6.92 Å². The Balaban J connectivity index is 1.70. The largest absolute Gasteiger partial charge is 0.379 e. The lowest BCUT2D eigenvalue weighted by molar-refractivity contribution is 0.102. The van der Waals surface area contributed by atoms with Crippen LogP contribution >= 0.6 is 23.2 Å². The Morgan fingerprint density at radius 2 is 2.08 bits per heavy atom. The van der Waals surface area contributed by atoms with Gasteiger partial charge in [-0.1, -0.05) is 29.3 Å². The summed E-state index contributed by atoms with van der Waals surface area (Å²) in [7, 11) is 0. The highest BCUT2D eigenvalue weighted by Crippen LogP contribution is 2.31. The number of aromatic nitrogens is 2. The number of nitrogens with zero attached hydrogens (tertiary/aromatic N) is 2. The minimum absolute atomic E-state index is 0.269. The van der Waals surface area contributed by atoms with E-state index in [0.717, 1.165) is 23.9 Å². The molecule has 0 bridgehead atoms. The van der Waals surface area contributed by atoms with Gasteiger partial charge in [-0.05, 0) is 31.0 Å². The van der Waals surface area contributed by atoms with E-state index in [9.17, 15) is 4.79 Å². The molecule has 1 aliphatic rings. The molecule has 4 rings (SSSR count). The van der Waals surface area contributed by atoms with Gasteiger partial charge in [0.25, 0.3) is 5.91 Å². The lowest BCUT2D eigenvalue weighted by Crippen LogP contribution is -2.13. The maximum absolute atomic E-state index is 12.7. The summed E-state index contributed by atoms with van der Waals surface area (Å²) in [5.74, 6) is -0.269. The molecule has 134 valence electrons. The minimum atomic E-state index is -0.269. The molecule has 0 aliphatic carbocycles. The summed E-state index contributed by atoms with van der Waals surface area (Å²) < 4.78 is 7.73. The van der Waals surface area contributed by atoms with Crippen molar-refractivity contribution in [1.82, 2.24) is 9.55 Å². The van der Waals surface area contributed by atoms with Crippen LogP contribution < -0.4 is 5.32 Å². The Morgan fingerprint density at radius 3 is 2.77 bits per heavy atom. The van der Waals surface area contributed by atoms with E-state index in [2.05, 4.69) is 28.0 Å². The molecular formula is C19H17Cl2N3O2. The molecule has 5 nitrogen and oxygen atoms in total. The van der Waals surface area contributed by atoms with E-state index in [1.807, 2.05) is 18.2 Å². The second kappa shape index (κ2) is 6.91. The predicted molar refractivity (Wildman–Crippen MR) is 103 cm³/mol. The van der Waals surface area contributed by atoms with Crippen LogP contribution in [0.25, 0.3) is 10.9 Å². The van der Waals surface area contributed by atoms with Gasteiger partial charge in [-0.2, -0.15) is 0 Å². The number of benzene rings is 1. The number of halogens is 2. The van der Waals surface area contributed by atoms with Crippen molar-refractivity contribution in [3.05, 3.63) is 58.0 Å². The fourth-order valence-electron chi connectivity index (χ4n) is 3.33. The number of hydrogen-bond donors (Lipinski definition) is 1. The van der Waals surface area contributed by atoms with Gasteiger partial charge < -0.3 is 14.6 Å². The highest BCUT2D eigenvalue weighted by molar-refractivity contribution is 6.39. The van der Waals surface area contributed by atoms with Crippen LogP contribution in [0.5, 0.6) is 0 Å². The second-order valence-electron chi connectivity index (χ2n) is 6.40. The fraction of sp³-hybridized carbons (Fsp3) is 0.263. The predicted octanol–water partition coefficient (Wildman–Crippen LogP) is 4.87. The summed E-state index contributed by atoms with van der Waals surface area (Å²) >= 11 is 12.2. The Kier molecular flexibility index (Phi) is 4.61. The molecular weight excluding hydrogens is 373 g/mol. The Bertz CT molecular complexity index is 974. The molecule has 1 atom stereocenters. The van der Waals surface area contributed by atoms with Gasteiger partial charge >= 0.3 is 0 Å². The summed E-state index contributed by atoms with van der Waals surface area (Å²) in [4.78, 5) is 16.6. The number of carbonyl (C=O) groups is 1. The molecule has 1 amide bonds. The van der Waals surface area contributed by atoms with E-state index in [1.165, 1.54) is 18.0 Å². The molecule has 1 unspecified atom stereocenters. The standard InChI is InChI=1S/C19H17Cl2N3O2/c1-11-9-24(13-4-5-26-10-13)17-6-12(2-3-14(11)17)19(25)23-18-15(20)7-22-8-16(18)21/h2-3,6-9,13H,4-5,10H2,1H3,(H,22,23,25). The average Bonchev–Trinajstić information content (AvgIpc) is 3.26. The van der Waals surface area contributed by atoms with Gasteiger partial charge in [0.15, 0.2) is 0 Å². The van der Waals surface area contributed by atoms with Gasteiger partial charge in [-0.25, -0.2) is 0 Å². The van der Waals surface area contributed by atoms with Gasteiger partial charge in [-0.3, -0.25) is 9.78 Å². The number of hydrogen-bond acceptors (Lipinski definition) is 3. The number of nitrogens with one attached hydrogen (secondary N) is 1. The van der Waals surface area contributed by atoms with Gasteiger partial charge in [0.05, 0.1) is 28.4 Å². The number of aryl methyl sites for hydroxylation is 1. The van der Waals surface area contributed by atoms with Crippen molar-refractivity contribution in [3.63, 3.8) is 0 Å². The summed E-state index contributed by atoms with van der Waals surface area (Å²) in [6.07, 6.45) is 5.99. The van der Waals surface area contributed by atoms with E-state index in [-0.39, 0.29) is 5.91 Å². The lowest BCUT2D eigenvalue weighted by atomic mass is 10.1. The molecule has 1 aromatic carbocycles. The molecule has 0 radical (unpaired) electrons. The van der Waals surface area contributed by atoms with Crippen LogP contribution in [0.3, 0.4) is 0 Å². The van der Waals surface area contributed by atoms with Crippen molar-refractivity contribution in [1.29, 1.82) is 0 Å². The number of rotatable bonds is 3. The Morgan fingerprint density at radius 1 is 1.31 bits per heavy atom. The van der Waals surface area contributed by atoms with E-state index in [0.29, 0.717) is 33.9 Å². The number of anilines is 1. The SMILES string of the molecule is Cc1cn(C2CCOC2)c2cc(C(=O)Nc3c(Cl)cncc3Cl)ccc12. The highest BCUT2D eigenvalue weighted by atomic mass is 35.5. The molecule has 1 saturated heterocycles. The zero-order valence-electron chi connectivity index (χ0n) is 14.1. The first-order chi connectivity index (χ1) is 12.5. The monoisotopic (exact) mass is 389 g/mol. The molecule has 1 aliphatic heterocycles. The third-order valence-electron chi connectivity index (χ3n) is 4.69. The third-order valence-corrected chi connectivity index (χ3v) is 5.26. The molecule has 3 heterocycles. The average molecular weight is 390 g/mol. The van der Waals surface area contributed by atoms with Crippen molar-refractivity contribution in [3.8, 4) is 0 Å². The van der Waals surface area contributed by atoms with E-state index < -0.39 is 0 Å². The minimum Gasteiger partial charge on any atom is -0.379 e. The second-order valence-corrected chi connectivity index (χ2v) is 7.22. The molecule has 26 heavy (non-hydrogen) atoms. The number of ether oxygens (including phenoxy) is 1. The first-order valence-electron chi connectivity index (χ1n) is 8.34. The molecule has 1 fully saturated rings. The number of fused-ring (bicyclic) bond motifs is 1. The third kappa shape index (κ3) is 3.07. The Labute approximate surface area is 160 Å². The highest BCUT2D eigenvalue weighted by Gasteiger charge is 2.21. The van der Waals surface area contributed by atoms with E-state index >= 15 is 0 Å². The first kappa shape index (κ1) is 17.3. The molecule has 0 spiro atoms. The van der Waals surface area contributed by atoms with Crippen molar-refractivity contribution in [2.45, 2.75) is 19.4 Å². The summed E-state index contributed by atoms with van der Waals surface area (Å²) in [6.45, 7) is 3.54. The fourth-order valence-corrected chi connectivity index (χ4v) is 3.79. The van der Waals surface area contributed by atoms with Crippen LogP contribution in [0.4, 0.5) is 5.69 Å². The van der Waals surface area contributed by atoms with Gasteiger partial charge in [-0.15, -0.1) is 0 Å². The van der Waals surface area contributed by atoms with Gasteiger partial charge in [0, 0.05) is 41.7 Å². The summed E-state index contributed by atoms with van der Waals surface area (Å²) in [5.41, 5.74) is 3.11. The zero-order valence-corrected chi connectivity index (χ0v) is 15.6. The van der Waals surface area contributed by atoms with Gasteiger partial charge in [0.1, 0.15) is 0 Å². The lowest BCUT2D eigenvalue weighted by Gasteiger charge is -2.13. The molecule has 7 heteroatoms. The van der Waals surface area contributed by atoms with E-state index in [4.69, 9.17) is 27.9 Å². The maximum Gasteiger partial charge on any atom is 0.255 e. The smallest absolute Gasteiger partial charge is 0.255 e. The summed E-state index contributed by atoms with van der Waals surface area (Å²) in [5, 5.41) is 4.51. The maximum atomic E-state index is 12.7. The molecule has 3 aromatic rings. The zero-order chi connectivity index (χ0) is 18.3.